The number of ether oxygens (including phenoxy) is 1. The van der Waals surface area contributed by atoms with Crippen LogP contribution in [-0.2, 0) is 19.7 Å². The number of rotatable bonds is 8. The number of esters is 1. The molecule has 1 fully saturated rings. The maximum absolute atomic E-state index is 12.9. The highest BCUT2D eigenvalue weighted by Crippen LogP contribution is 2.42. The fourth-order valence-corrected chi connectivity index (χ4v) is 4.20. The summed E-state index contributed by atoms with van der Waals surface area (Å²) >= 11 is 0. The van der Waals surface area contributed by atoms with Crippen LogP contribution in [0.1, 0.15) is 55.5 Å². The van der Waals surface area contributed by atoms with Crippen LogP contribution in [-0.4, -0.2) is 42.4 Å². The Balaban J connectivity index is 1.57. The second-order valence-corrected chi connectivity index (χ2v) is 7.83. The van der Waals surface area contributed by atoms with Crippen LogP contribution in [0, 0.1) is 0 Å². The van der Waals surface area contributed by atoms with Gasteiger partial charge in [-0.05, 0) is 56.5 Å². The number of nitrogens with one attached hydrogen (secondary N) is 1. The topological polar surface area (TPSA) is 75.7 Å². The fourth-order valence-electron chi connectivity index (χ4n) is 4.20. The van der Waals surface area contributed by atoms with Crippen molar-refractivity contribution in [2.24, 2.45) is 0 Å². The Morgan fingerprint density at radius 2 is 1.55 bits per heavy atom. The van der Waals surface area contributed by atoms with E-state index in [1.165, 1.54) is 0 Å². The summed E-state index contributed by atoms with van der Waals surface area (Å²) in [5.41, 5.74) is 1.41. The van der Waals surface area contributed by atoms with Crippen molar-refractivity contribution < 1.29 is 19.1 Å². The zero-order valence-corrected chi connectivity index (χ0v) is 18.2. The standard InChI is InChI=1S/C25H30N2O4/c1-3-27(4-2)23(29)19-12-14-21(15-13-19)26-22(28)18-31-24(30)25(16-8-9-17-25)20-10-6-5-7-11-20/h5-7,10-15H,3-4,8-9,16-18H2,1-2H3,(H,26,28). The molecule has 3 rings (SSSR count). The van der Waals surface area contributed by atoms with Crippen LogP contribution in [0.25, 0.3) is 0 Å². The Labute approximate surface area is 183 Å². The molecule has 0 spiro atoms. The van der Waals surface area contributed by atoms with E-state index < -0.39 is 11.3 Å². The predicted molar refractivity (Wildman–Crippen MR) is 120 cm³/mol. The van der Waals surface area contributed by atoms with Gasteiger partial charge in [-0.3, -0.25) is 14.4 Å². The van der Waals surface area contributed by atoms with Crippen LogP contribution in [0.3, 0.4) is 0 Å². The molecule has 31 heavy (non-hydrogen) atoms. The number of benzene rings is 2. The first-order valence-corrected chi connectivity index (χ1v) is 10.9. The van der Waals surface area contributed by atoms with Crippen molar-refractivity contribution in [2.75, 3.05) is 25.0 Å². The first-order chi connectivity index (χ1) is 15.0. The van der Waals surface area contributed by atoms with Gasteiger partial charge >= 0.3 is 5.97 Å². The van der Waals surface area contributed by atoms with Crippen molar-refractivity contribution in [1.29, 1.82) is 0 Å². The number of hydrogen-bond acceptors (Lipinski definition) is 4. The van der Waals surface area contributed by atoms with Gasteiger partial charge in [-0.2, -0.15) is 0 Å². The van der Waals surface area contributed by atoms with Crippen molar-refractivity contribution >= 4 is 23.5 Å². The molecule has 1 N–H and O–H groups in total. The number of carbonyl (C=O) groups excluding carboxylic acids is 3. The minimum Gasteiger partial charge on any atom is -0.455 e. The third kappa shape index (κ3) is 5.13. The van der Waals surface area contributed by atoms with Gasteiger partial charge in [0.05, 0.1) is 5.41 Å². The molecular formula is C25H30N2O4. The fraction of sp³-hybridized carbons (Fsp3) is 0.400. The molecule has 2 aromatic carbocycles. The lowest BCUT2D eigenvalue weighted by molar-refractivity contribution is -0.153. The average Bonchev–Trinajstić information content (AvgIpc) is 3.31. The highest BCUT2D eigenvalue weighted by atomic mass is 16.5. The Bertz CT molecular complexity index is 899. The Hall–Kier alpha value is -3.15. The maximum Gasteiger partial charge on any atom is 0.317 e. The van der Waals surface area contributed by atoms with Crippen molar-refractivity contribution in [3.05, 3.63) is 65.7 Å². The quantitative estimate of drug-likeness (QED) is 0.648. The van der Waals surface area contributed by atoms with Crippen molar-refractivity contribution in [3.63, 3.8) is 0 Å². The molecule has 0 aliphatic heterocycles. The Kier molecular flexibility index (Phi) is 7.45. The largest absolute Gasteiger partial charge is 0.455 e. The van der Waals surface area contributed by atoms with Gasteiger partial charge in [0.2, 0.25) is 0 Å². The predicted octanol–water partition coefficient (Wildman–Crippen LogP) is 4.16. The van der Waals surface area contributed by atoms with Gasteiger partial charge in [-0.1, -0.05) is 43.2 Å². The summed E-state index contributed by atoms with van der Waals surface area (Å²) in [6.07, 6.45) is 3.41. The van der Waals surface area contributed by atoms with Crippen LogP contribution in [0.2, 0.25) is 0 Å². The summed E-state index contributed by atoms with van der Waals surface area (Å²) in [4.78, 5) is 39.4. The summed E-state index contributed by atoms with van der Waals surface area (Å²) in [6.45, 7) is 4.82. The molecule has 164 valence electrons. The molecule has 1 saturated carbocycles. The Morgan fingerprint density at radius 1 is 0.935 bits per heavy atom. The molecule has 2 amide bonds. The monoisotopic (exact) mass is 422 g/mol. The molecule has 0 heterocycles. The van der Waals surface area contributed by atoms with Crippen molar-refractivity contribution in [1.82, 2.24) is 4.90 Å². The first-order valence-electron chi connectivity index (χ1n) is 10.9. The van der Waals surface area contributed by atoms with E-state index in [4.69, 9.17) is 4.74 Å². The minimum absolute atomic E-state index is 0.0421. The number of nitrogens with zero attached hydrogens (tertiary/aromatic N) is 1. The molecule has 0 bridgehead atoms. The number of anilines is 1. The third-order valence-electron chi connectivity index (χ3n) is 5.97. The highest BCUT2D eigenvalue weighted by Gasteiger charge is 2.44. The van der Waals surface area contributed by atoms with Crippen LogP contribution in [0.15, 0.2) is 54.6 Å². The first kappa shape index (κ1) is 22.5. The van der Waals surface area contributed by atoms with Gasteiger partial charge in [0.1, 0.15) is 0 Å². The van der Waals surface area contributed by atoms with Crippen LogP contribution >= 0.6 is 0 Å². The maximum atomic E-state index is 12.9. The SMILES string of the molecule is CCN(CC)C(=O)c1ccc(NC(=O)COC(=O)C2(c3ccccc3)CCCC2)cc1. The number of hydrogen-bond donors (Lipinski definition) is 1. The number of carbonyl (C=O) groups is 3. The summed E-state index contributed by atoms with van der Waals surface area (Å²) < 4.78 is 5.43. The highest BCUT2D eigenvalue weighted by molar-refractivity contribution is 5.96. The van der Waals surface area contributed by atoms with Gasteiger partial charge in [0.15, 0.2) is 6.61 Å². The summed E-state index contributed by atoms with van der Waals surface area (Å²) in [5, 5.41) is 2.72. The molecule has 0 atom stereocenters. The normalized spacial score (nSPS) is 14.6. The number of amides is 2. The van der Waals surface area contributed by atoms with E-state index in [0.29, 0.717) is 24.3 Å². The lowest BCUT2D eigenvalue weighted by atomic mass is 9.79. The zero-order chi connectivity index (χ0) is 22.3. The molecule has 6 heteroatoms. The van der Waals surface area contributed by atoms with Crippen LogP contribution < -0.4 is 5.32 Å². The summed E-state index contributed by atoms with van der Waals surface area (Å²) in [6, 6.07) is 16.4. The minimum atomic E-state index is -0.659. The van der Waals surface area contributed by atoms with E-state index in [1.54, 1.807) is 29.2 Å². The molecule has 6 nitrogen and oxygen atoms in total. The summed E-state index contributed by atoms with van der Waals surface area (Å²) in [7, 11) is 0. The van der Waals surface area contributed by atoms with Gasteiger partial charge in [0.25, 0.3) is 11.8 Å². The second-order valence-electron chi connectivity index (χ2n) is 7.83. The Morgan fingerprint density at radius 3 is 2.13 bits per heavy atom. The van der Waals surface area contributed by atoms with Crippen LogP contribution in [0.5, 0.6) is 0 Å². The molecule has 1 aliphatic rings. The van der Waals surface area contributed by atoms with Crippen molar-refractivity contribution in [3.8, 4) is 0 Å². The van der Waals surface area contributed by atoms with E-state index in [-0.39, 0.29) is 18.5 Å². The third-order valence-corrected chi connectivity index (χ3v) is 5.97. The molecule has 1 aliphatic carbocycles. The lowest BCUT2D eigenvalue weighted by Gasteiger charge is -2.27. The molecule has 0 unspecified atom stereocenters. The zero-order valence-electron chi connectivity index (χ0n) is 18.2. The smallest absolute Gasteiger partial charge is 0.317 e. The molecule has 0 radical (unpaired) electrons. The van der Waals surface area contributed by atoms with Gasteiger partial charge in [-0.15, -0.1) is 0 Å². The second kappa shape index (κ2) is 10.2. The average molecular weight is 423 g/mol. The van der Waals surface area contributed by atoms with E-state index in [1.807, 2.05) is 44.2 Å². The summed E-state index contributed by atoms with van der Waals surface area (Å²) in [5.74, 6) is -0.788. The van der Waals surface area contributed by atoms with Crippen molar-refractivity contribution in [2.45, 2.75) is 44.9 Å². The van der Waals surface area contributed by atoms with E-state index in [9.17, 15) is 14.4 Å². The lowest BCUT2D eigenvalue weighted by Crippen LogP contribution is -2.36. The van der Waals surface area contributed by atoms with Gasteiger partial charge in [0, 0.05) is 24.3 Å². The van der Waals surface area contributed by atoms with Crippen LogP contribution in [0.4, 0.5) is 5.69 Å². The van der Waals surface area contributed by atoms with E-state index in [0.717, 1.165) is 31.2 Å². The molecule has 0 saturated heterocycles. The molecule has 0 aromatic heterocycles. The molecule has 2 aromatic rings. The molecular weight excluding hydrogens is 392 g/mol. The van der Waals surface area contributed by atoms with Gasteiger partial charge < -0.3 is 15.0 Å². The van der Waals surface area contributed by atoms with E-state index in [2.05, 4.69) is 5.32 Å². The van der Waals surface area contributed by atoms with Gasteiger partial charge in [-0.25, -0.2) is 0 Å². The van der Waals surface area contributed by atoms with E-state index >= 15 is 0 Å².